The number of aryl methyl sites for hydroxylation is 2. The van der Waals surface area contributed by atoms with E-state index in [2.05, 4.69) is 247 Å². The first-order valence-electron chi connectivity index (χ1n) is 25.7. The van der Waals surface area contributed by atoms with Crippen LogP contribution in [0.5, 0.6) is 0 Å². The Hall–Kier alpha value is -7.57. The zero-order valence-electron chi connectivity index (χ0n) is 45.2. The predicted molar refractivity (Wildman–Crippen MR) is 307 cm³/mol. The first-order chi connectivity index (χ1) is 34.5. The molecule has 0 fully saturated rings. The highest BCUT2D eigenvalue weighted by Crippen LogP contribution is 2.41. The Labute approximate surface area is 432 Å². The largest absolute Gasteiger partial charge is 0.309 e. The third-order valence-electron chi connectivity index (χ3n) is 14.2. The number of benzene rings is 7. The molecule has 6 heteroatoms. The summed E-state index contributed by atoms with van der Waals surface area (Å²) in [4.78, 5) is 27.5. The molecule has 10 rings (SSSR count). The van der Waals surface area contributed by atoms with Gasteiger partial charge in [0.15, 0.2) is 23.3 Å². The molecular weight excluding hydrogens is 889 g/mol. The van der Waals surface area contributed by atoms with Crippen molar-refractivity contribution in [3.8, 4) is 73.8 Å². The van der Waals surface area contributed by atoms with Crippen molar-refractivity contribution in [1.82, 2.24) is 29.5 Å². The lowest BCUT2D eigenvalue weighted by atomic mass is 9.79. The van der Waals surface area contributed by atoms with Gasteiger partial charge in [-0.25, -0.2) is 24.9 Å². The van der Waals surface area contributed by atoms with Crippen LogP contribution < -0.4 is 0 Å². The standard InChI is InChI=1S/C67H68N6/c1-41-25-28-57-52(31-41)53-32-42(2)26-29-58(53)73(57)59-30-27-45(60-68-55(43-21-17-15-18-22-43)40-56(69-60)44-23-19-16-20-24-44)37-54(59)63-71-61(46-33-48(64(3,4)5)38-49(34-46)65(6,7)8)70-62(72-63)47-35-50(66(9,10)11)39-51(36-47)67(12,13)14/h15-40H,1-14H3. The van der Waals surface area contributed by atoms with Crippen molar-refractivity contribution in [1.29, 1.82) is 0 Å². The van der Waals surface area contributed by atoms with Gasteiger partial charge in [0.2, 0.25) is 0 Å². The van der Waals surface area contributed by atoms with Crippen molar-refractivity contribution in [2.75, 3.05) is 0 Å². The second kappa shape index (κ2) is 18.2. The van der Waals surface area contributed by atoms with Crippen molar-refractivity contribution in [3.05, 3.63) is 191 Å². The van der Waals surface area contributed by atoms with Crippen LogP contribution in [0.4, 0.5) is 0 Å². The molecule has 0 bridgehead atoms. The SMILES string of the molecule is Cc1ccc2c(c1)c1cc(C)ccc1n2-c1ccc(-c2nc(-c3ccccc3)cc(-c3ccccc3)n2)cc1-c1nc(-c2cc(C(C)(C)C)cc(C(C)(C)C)c2)nc(-c2cc(C(C)(C)C)cc(C(C)(C)C)c2)n1. The Morgan fingerprint density at radius 3 is 1.10 bits per heavy atom. The number of hydrogen-bond donors (Lipinski definition) is 0. The van der Waals surface area contributed by atoms with Crippen LogP contribution in [-0.4, -0.2) is 29.5 Å². The van der Waals surface area contributed by atoms with Crippen LogP contribution in [0.25, 0.3) is 95.6 Å². The lowest BCUT2D eigenvalue weighted by Crippen LogP contribution is -2.17. The quantitative estimate of drug-likeness (QED) is 0.159. The smallest absolute Gasteiger partial charge is 0.166 e. The highest BCUT2D eigenvalue weighted by Gasteiger charge is 2.27. The molecule has 0 spiro atoms. The van der Waals surface area contributed by atoms with Crippen LogP contribution in [0.2, 0.25) is 0 Å². The fraction of sp³-hybridized carbons (Fsp3) is 0.269. The summed E-state index contributed by atoms with van der Waals surface area (Å²) in [5.74, 6) is 2.41. The number of nitrogens with zero attached hydrogens (tertiary/aromatic N) is 6. The number of rotatable bonds is 7. The van der Waals surface area contributed by atoms with Gasteiger partial charge in [-0.1, -0.05) is 179 Å². The molecule has 0 unspecified atom stereocenters. The van der Waals surface area contributed by atoms with E-state index in [1.54, 1.807) is 0 Å². The highest BCUT2D eigenvalue weighted by molar-refractivity contribution is 6.10. The summed E-state index contributed by atoms with van der Waals surface area (Å²) in [5.41, 5.74) is 17.3. The van der Waals surface area contributed by atoms with Gasteiger partial charge in [0.25, 0.3) is 0 Å². The van der Waals surface area contributed by atoms with Gasteiger partial charge in [0, 0.05) is 44.2 Å². The maximum absolute atomic E-state index is 5.64. The Morgan fingerprint density at radius 2 is 0.699 bits per heavy atom. The van der Waals surface area contributed by atoms with Gasteiger partial charge in [-0.05, 0) is 131 Å². The van der Waals surface area contributed by atoms with Gasteiger partial charge in [0.1, 0.15) is 0 Å². The van der Waals surface area contributed by atoms with E-state index in [0.29, 0.717) is 23.3 Å². The molecule has 0 atom stereocenters. The van der Waals surface area contributed by atoms with E-state index in [1.165, 1.54) is 44.2 Å². The molecule has 6 nitrogen and oxygen atoms in total. The summed E-state index contributed by atoms with van der Waals surface area (Å²) in [7, 11) is 0. The van der Waals surface area contributed by atoms with Crippen molar-refractivity contribution >= 4 is 21.8 Å². The topological polar surface area (TPSA) is 69.4 Å². The fourth-order valence-corrected chi connectivity index (χ4v) is 9.65. The van der Waals surface area contributed by atoms with Gasteiger partial charge in [-0.15, -0.1) is 0 Å². The molecule has 3 heterocycles. The second-order valence-electron chi connectivity index (χ2n) is 24.2. The Balaban J connectivity index is 1.33. The maximum atomic E-state index is 5.64. The van der Waals surface area contributed by atoms with Crippen molar-refractivity contribution in [2.45, 2.75) is 119 Å². The summed E-state index contributed by atoms with van der Waals surface area (Å²) in [6.45, 7) is 31.7. The first kappa shape index (κ1) is 49.0. The third kappa shape index (κ3) is 9.88. The van der Waals surface area contributed by atoms with Gasteiger partial charge in [-0.3, -0.25) is 0 Å². The minimum Gasteiger partial charge on any atom is -0.309 e. The molecule has 0 aliphatic heterocycles. The van der Waals surface area contributed by atoms with Gasteiger partial charge in [0.05, 0.1) is 28.1 Å². The minimum atomic E-state index is -0.126. The van der Waals surface area contributed by atoms with E-state index >= 15 is 0 Å². The van der Waals surface area contributed by atoms with Crippen LogP contribution in [0.1, 0.15) is 116 Å². The third-order valence-corrected chi connectivity index (χ3v) is 14.2. The average Bonchev–Trinajstić information content (AvgIpc) is 3.67. The van der Waals surface area contributed by atoms with Crippen molar-refractivity contribution in [2.24, 2.45) is 0 Å². The molecule has 73 heavy (non-hydrogen) atoms. The summed E-state index contributed by atoms with van der Waals surface area (Å²) in [6.07, 6.45) is 0. The van der Waals surface area contributed by atoms with E-state index in [4.69, 9.17) is 24.9 Å². The molecular formula is C67H68N6. The second-order valence-corrected chi connectivity index (χ2v) is 24.2. The van der Waals surface area contributed by atoms with Gasteiger partial charge >= 0.3 is 0 Å². The molecule has 0 saturated heterocycles. The molecule has 0 N–H and O–H groups in total. The Bertz CT molecular complexity index is 3450. The van der Waals surface area contributed by atoms with E-state index in [-0.39, 0.29) is 21.7 Å². The average molecular weight is 957 g/mol. The molecule has 0 radical (unpaired) electrons. The van der Waals surface area contributed by atoms with Gasteiger partial charge in [-0.2, -0.15) is 0 Å². The normalized spacial score (nSPS) is 12.5. The van der Waals surface area contributed by atoms with Crippen LogP contribution in [-0.2, 0) is 21.7 Å². The molecule has 0 amide bonds. The van der Waals surface area contributed by atoms with Crippen molar-refractivity contribution in [3.63, 3.8) is 0 Å². The number of fused-ring (bicyclic) bond motifs is 3. The van der Waals surface area contributed by atoms with Crippen LogP contribution in [0.15, 0.2) is 158 Å². The maximum Gasteiger partial charge on any atom is 0.166 e. The summed E-state index contributed by atoms with van der Waals surface area (Å²) in [5, 5.41) is 2.39. The monoisotopic (exact) mass is 957 g/mol. The number of aromatic nitrogens is 6. The van der Waals surface area contributed by atoms with E-state index < -0.39 is 0 Å². The van der Waals surface area contributed by atoms with Crippen LogP contribution in [0, 0.1) is 13.8 Å². The minimum absolute atomic E-state index is 0.126. The Morgan fingerprint density at radius 1 is 0.315 bits per heavy atom. The van der Waals surface area contributed by atoms with Crippen LogP contribution in [0.3, 0.4) is 0 Å². The lowest BCUT2D eigenvalue weighted by Gasteiger charge is -2.26. The zero-order chi connectivity index (χ0) is 51.8. The van der Waals surface area contributed by atoms with E-state index in [1.807, 2.05) is 12.1 Å². The fourth-order valence-electron chi connectivity index (χ4n) is 9.65. The first-order valence-corrected chi connectivity index (χ1v) is 25.7. The summed E-state index contributed by atoms with van der Waals surface area (Å²) < 4.78 is 2.39. The van der Waals surface area contributed by atoms with Crippen molar-refractivity contribution < 1.29 is 0 Å². The number of hydrogen-bond acceptors (Lipinski definition) is 5. The van der Waals surface area contributed by atoms with E-state index in [9.17, 15) is 0 Å². The molecule has 7 aromatic carbocycles. The zero-order valence-corrected chi connectivity index (χ0v) is 45.2. The molecule has 0 aliphatic rings. The van der Waals surface area contributed by atoms with Gasteiger partial charge < -0.3 is 4.57 Å². The molecule has 366 valence electrons. The molecule has 0 aliphatic carbocycles. The summed E-state index contributed by atoms with van der Waals surface area (Å²) in [6, 6.07) is 56.7. The molecule has 10 aromatic rings. The predicted octanol–water partition coefficient (Wildman–Crippen LogP) is 17.6. The lowest BCUT2D eigenvalue weighted by molar-refractivity contribution is 0.568. The highest BCUT2D eigenvalue weighted by atomic mass is 15.1. The van der Waals surface area contributed by atoms with Crippen LogP contribution >= 0.6 is 0 Å². The molecule has 0 saturated carbocycles. The molecule has 3 aromatic heterocycles. The van der Waals surface area contributed by atoms with E-state index in [0.717, 1.165) is 61.5 Å². The Kier molecular flexibility index (Phi) is 12.2. The summed E-state index contributed by atoms with van der Waals surface area (Å²) >= 11 is 0.